The van der Waals surface area contributed by atoms with Gasteiger partial charge in [-0.05, 0) is 6.08 Å². The summed E-state index contributed by atoms with van der Waals surface area (Å²) in [4.78, 5) is 0. The maximum absolute atomic E-state index is 13.5. The van der Waals surface area contributed by atoms with E-state index in [0.29, 0.717) is 6.61 Å². The summed E-state index contributed by atoms with van der Waals surface area (Å²) in [6, 6.07) is 0. The van der Waals surface area contributed by atoms with E-state index in [0.717, 1.165) is 0 Å². The molecule has 1 unspecified atom stereocenters. The number of alkyl halides is 1. The fraction of sp³-hybridized carbons (Fsp3) is 0.556. The third kappa shape index (κ3) is 2.75. The van der Waals surface area contributed by atoms with Gasteiger partial charge in [-0.1, -0.05) is 18.2 Å². The first-order chi connectivity index (χ1) is 5.77. The van der Waals surface area contributed by atoms with Crippen LogP contribution in [-0.4, -0.2) is 26.2 Å². The Morgan fingerprint density at radius 1 is 1.42 bits per heavy atom. The largest absolute Gasteiger partial charge is 0.382 e. The monoisotopic (exact) mass is 172 g/mol. The average molecular weight is 172 g/mol. The van der Waals surface area contributed by atoms with Crippen LogP contribution in [0, 0.1) is 0 Å². The van der Waals surface area contributed by atoms with E-state index in [1.807, 2.05) is 0 Å². The van der Waals surface area contributed by atoms with Gasteiger partial charge in [0, 0.05) is 13.5 Å². The fourth-order valence-electron chi connectivity index (χ4n) is 0.976. The SMILES string of the molecule is COCCOC1(F)C=CC=CC1. The number of ether oxygens (including phenoxy) is 2. The highest BCUT2D eigenvalue weighted by Crippen LogP contribution is 2.23. The Morgan fingerprint density at radius 3 is 2.83 bits per heavy atom. The van der Waals surface area contributed by atoms with Crippen molar-refractivity contribution in [3.05, 3.63) is 24.3 Å². The molecule has 0 aromatic rings. The molecule has 0 saturated carbocycles. The fourth-order valence-corrected chi connectivity index (χ4v) is 0.976. The Hall–Kier alpha value is -0.670. The van der Waals surface area contributed by atoms with Crippen molar-refractivity contribution in [1.29, 1.82) is 0 Å². The Balaban J connectivity index is 2.29. The average Bonchev–Trinajstić information content (AvgIpc) is 2.06. The van der Waals surface area contributed by atoms with Crippen molar-refractivity contribution in [3.63, 3.8) is 0 Å². The number of hydrogen-bond donors (Lipinski definition) is 0. The molecule has 3 heteroatoms. The van der Waals surface area contributed by atoms with Crippen molar-refractivity contribution >= 4 is 0 Å². The normalized spacial score (nSPS) is 27.8. The molecule has 0 aliphatic heterocycles. The quantitative estimate of drug-likeness (QED) is 0.602. The molecular weight excluding hydrogens is 159 g/mol. The zero-order valence-corrected chi connectivity index (χ0v) is 7.13. The van der Waals surface area contributed by atoms with Crippen molar-refractivity contribution < 1.29 is 13.9 Å². The van der Waals surface area contributed by atoms with Gasteiger partial charge in [-0.2, -0.15) is 0 Å². The first-order valence-corrected chi connectivity index (χ1v) is 3.93. The lowest BCUT2D eigenvalue weighted by molar-refractivity contribution is -0.115. The van der Waals surface area contributed by atoms with Crippen LogP contribution in [0.5, 0.6) is 0 Å². The highest BCUT2D eigenvalue weighted by atomic mass is 19.2. The lowest BCUT2D eigenvalue weighted by Gasteiger charge is -2.22. The van der Waals surface area contributed by atoms with E-state index >= 15 is 0 Å². The zero-order chi connectivity index (χ0) is 8.86. The predicted octanol–water partition coefficient (Wildman–Crippen LogP) is 1.83. The standard InChI is InChI=1S/C9H13FO2/c1-11-7-8-12-9(10)5-3-2-4-6-9/h2-5H,6-8H2,1H3. The van der Waals surface area contributed by atoms with Gasteiger partial charge < -0.3 is 9.47 Å². The summed E-state index contributed by atoms with van der Waals surface area (Å²) < 4.78 is 23.2. The molecule has 0 aromatic heterocycles. The lowest BCUT2D eigenvalue weighted by Crippen LogP contribution is -2.26. The van der Waals surface area contributed by atoms with Gasteiger partial charge in [-0.25, -0.2) is 4.39 Å². The van der Waals surface area contributed by atoms with Gasteiger partial charge in [-0.15, -0.1) is 0 Å². The Labute approximate surface area is 71.7 Å². The van der Waals surface area contributed by atoms with Gasteiger partial charge in [-0.3, -0.25) is 0 Å². The molecule has 1 aliphatic carbocycles. The summed E-state index contributed by atoms with van der Waals surface area (Å²) in [5, 5.41) is 0. The summed E-state index contributed by atoms with van der Waals surface area (Å²) in [6.07, 6.45) is 6.90. The van der Waals surface area contributed by atoms with E-state index < -0.39 is 5.85 Å². The maximum Gasteiger partial charge on any atom is 0.232 e. The minimum absolute atomic E-state index is 0.283. The van der Waals surface area contributed by atoms with Crippen LogP contribution in [0.3, 0.4) is 0 Å². The molecule has 0 amide bonds. The molecule has 0 aromatic carbocycles. The van der Waals surface area contributed by atoms with Crippen LogP contribution in [0.2, 0.25) is 0 Å². The highest BCUT2D eigenvalue weighted by Gasteiger charge is 2.26. The predicted molar refractivity (Wildman–Crippen MR) is 44.6 cm³/mol. The minimum atomic E-state index is -1.62. The van der Waals surface area contributed by atoms with Crippen LogP contribution in [0.1, 0.15) is 6.42 Å². The maximum atomic E-state index is 13.5. The molecule has 0 heterocycles. The first-order valence-electron chi connectivity index (χ1n) is 3.93. The van der Waals surface area contributed by atoms with Crippen molar-refractivity contribution in [3.8, 4) is 0 Å². The molecule has 0 radical (unpaired) electrons. The van der Waals surface area contributed by atoms with Crippen LogP contribution in [0.25, 0.3) is 0 Å². The molecule has 2 nitrogen and oxygen atoms in total. The van der Waals surface area contributed by atoms with Crippen LogP contribution in [0.4, 0.5) is 4.39 Å². The van der Waals surface area contributed by atoms with Gasteiger partial charge in [0.15, 0.2) is 0 Å². The van der Waals surface area contributed by atoms with E-state index in [-0.39, 0.29) is 13.0 Å². The minimum Gasteiger partial charge on any atom is -0.382 e. The second kappa shape index (κ2) is 4.38. The molecule has 0 bridgehead atoms. The van der Waals surface area contributed by atoms with Crippen LogP contribution in [-0.2, 0) is 9.47 Å². The molecule has 12 heavy (non-hydrogen) atoms. The van der Waals surface area contributed by atoms with Crippen molar-refractivity contribution in [2.45, 2.75) is 12.3 Å². The third-order valence-electron chi connectivity index (χ3n) is 1.62. The summed E-state index contributed by atoms with van der Waals surface area (Å²) in [7, 11) is 1.56. The van der Waals surface area contributed by atoms with Crippen LogP contribution >= 0.6 is 0 Å². The molecule has 1 aliphatic rings. The summed E-state index contributed by atoms with van der Waals surface area (Å²) in [6.45, 7) is 0.703. The molecule has 1 atom stereocenters. The number of hydrogen-bond acceptors (Lipinski definition) is 2. The summed E-state index contributed by atoms with van der Waals surface area (Å²) in [5.74, 6) is -1.62. The molecule has 68 valence electrons. The van der Waals surface area contributed by atoms with E-state index in [9.17, 15) is 4.39 Å². The van der Waals surface area contributed by atoms with E-state index in [1.165, 1.54) is 6.08 Å². The van der Waals surface area contributed by atoms with Crippen LogP contribution in [0.15, 0.2) is 24.3 Å². The molecule has 0 spiro atoms. The highest BCUT2D eigenvalue weighted by molar-refractivity contribution is 5.15. The second-order valence-electron chi connectivity index (χ2n) is 2.62. The van der Waals surface area contributed by atoms with Gasteiger partial charge in [0.25, 0.3) is 0 Å². The lowest BCUT2D eigenvalue weighted by atomic mass is 10.1. The summed E-state index contributed by atoms with van der Waals surface area (Å²) in [5.41, 5.74) is 0. The second-order valence-corrected chi connectivity index (χ2v) is 2.62. The Bertz CT molecular complexity index is 189. The van der Waals surface area contributed by atoms with E-state index in [4.69, 9.17) is 9.47 Å². The van der Waals surface area contributed by atoms with Gasteiger partial charge in [0.2, 0.25) is 5.85 Å². The molecule has 0 fully saturated rings. The van der Waals surface area contributed by atoms with Crippen molar-refractivity contribution in [2.24, 2.45) is 0 Å². The topological polar surface area (TPSA) is 18.5 Å². The summed E-state index contributed by atoms with van der Waals surface area (Å²) >= 11 is 0. The molecular formula is C9H13FO2. The molecule has 1 rings (SSSR count). The van der Waals surface area contributed by atoms with Gasteiger partial charge in [0.1, 0.15) is 0 Å². The number of halogens is 1. The van der Waals surface area contributed by atoms with Gasteiger partial charge in [0.05, 0.1) is 13.2 Å². The van der Waals surface area contributed by atoms with E-state index in [1.54, 1.807) is 25.3 Å². The molecule has 0 N–H and O–H groups in total. The van der Waals surface area contributed by atoms with Crippen molar-refractivity contribution in [1.82, 2.24) is 0 Å². The smallest absolute Gasteiger partial charge is 0.232 e. The first kappa shape index (κ1) is 9.42. The Morgan fingerprint density at radius 2 is 2.25 bits per heavy atom. The van der Waals surface area contributed by atoms with E-state index in [2.05, 4.69) is 0 Å². The third-order valence-corrected chi connectivity index (χ3v) is 1.62. The number of allylic oxidation sites excluding steroid dienone is 2. The zero-order valence-electron chi connectivity index (χ0n) is 7.13. The number of methoxy groups -OCH3 is 1. The number of rotatable bonds is 4. The van der Waals surface area contributed by atoms with Crippen LogP contribution < -0.4 is 0 Å². The van der Waals surface area contributed by atoms with Gasteiger partial charge >= 0.3 is 0 Å². The Kier molecular flexibility index (Phi) is 3.44. The van der Waals surface area contributed by atoms with Crippen molar-refractivity contribution in [2.75, 3.05) is 20.3 Å². The molecule has 0 saturated heterocycles.